The first-order valence-electron chi connectivity index (χ1n) is 5.44. The van der Waals surface area contributed by atoms with Gasteiger partial charge in [-0.3, -0.25) is 4.99 Å². The van der Waals surface area contributed by atoms with Crippen LogP contribution in [0.4, 0.5) is 4.79 Å². The highest BCUT2D eigenvalue weighted by atomic mass is 16.5. The zero-order valence-electron chi connectivity index (χ0n) is 10.2. The molecular weight excluding hydrogens is 208 g/mol. The minimum absolute atomic E-state index is 0.0272. The van der Waals surface area contributed by atoms with Crippen molar-refractivity contribution < 1.29 is 9.53 Å². The van der Waals surface area contributed by atoms with Gasteiger partial charge in [0.2, 0.25) is 0 Å². The number of carbonyl (C=O) groups is 1. The first-order chi connectivity index (χ1) is 7.45. The van der Waals surface area contributed by atoms with E-state index in [0.29, 0.717) is 19.1 Å². The van der Waals surface area contributed by atoms with Crippen LogP contribution in [0.25, 0.3) is 0 Å². The number of carbonyl (C=O) groups excluding carboxylic acids is 1. The van der Waals surface area contributed by atoms with Crippen LogP contribution in [0.5, 0.6) is 0 Å². The molecule has 0 saturated heterocycles. The lowest BCUT2D eigenvalue weighted by Gasteiger charge is -2.18. The first-order valence-corrected chi connectivity index (χ1v) is 5.44. The molecule has 0 fully saturated rings. The summed E-state index contributed by atoms with van der Waals surface area (Å²) in [6, 6.07) is -0.0962. The molecule has 0 aliphatic heterocycles. The summed E-state index contributed by atoms with van der Waals surface area (Å²) in [5.74, 6) is 0.473. The monoisotopic (exact) mass is 230 g/mol. The van der Waals surface area contributed by atoms with Crippen LogP contribution in [-0.2, 0) is 4.74 Å². The number of alkyl carbamates (subject to hydrolysis) is 1. The summed E-state index contributed by atoms with van der Waals surface area (Å²) in [5.41, 5.74) is 10.5. The van der Waals surface area contributed by atoms with Gasteiger partial charge in [-0.25, -0.2) is 4.79 Å². The number of guanidine groups is 1. The molecule has 94 valence electrons. The Morgan fingerprint density at radius 1 is 1.44 bits per heavy atom. The molecule has 0 aliphatic carbocycles. The molecule has 0 aromatic rings. The van der Waals surface area contributed by atoms with E-state index in [9.17, 15) is 4.79 Å². The number of rotatable bonds is 6. The van der Waals surface area contributed by atoms with Crippen molar-refractivity contribution in [1.82, 2.24) is 5.32 Å². The summed E-state index contributed by atoms with van der Waals surface area (Å²) in [6.45, 7) is 6.61. The van der Waals surface area contributed by atoms with E-state index in [2.05, 4.69) is 24.2 Å². The molecule has 1 atom stereocenters. The van der Waals surface area contributed by atoms with Gasteiger partial charge in [0.15, 0.2) is 5.96 Å². The molecule has 0 aromatic carbocycles. The van der Waals surface area contributed by atoms with Gasteiger partial charge in [-0.2, -0.15) is 0 Å². The SMILES string of the molecule is CCOC(=O)NC(CN=C(N)N)CC(C)C. The number of nitrogens with zero attached hydrogens (tertiary/aromatic N) is 1. The second-order valence-corrected chi connectivity index (χ2v) is 3.96. The third-order valence-electron chi connectivity index (χ3n) is 1.85. The third kappa shape index (κ3) is 7.90. The Bertz CT molecular complexity index is 237. The third-order valence-corrected chi connectivity index (χ3v) is 1.85. The highest BCUT2D eigenvalue weighted by Crippen LogP contribution is 2.05. The van der Waals surface area contributed by atoms with Crippen LogP contribution < -0.4 is 16.8 Å². The Labute approximate surface area is 96.4 Å². The molecule has 0 saturated carbocycles. The van der Waals surface area contributed by atoms with Gasteiger partial charge < -0.3 is 21.5 Å². The molecule has 0 heterocycles. The minimum Gasteiger partial charge on any atom is -0.450 e. The fraction of sp³-hybridized carbons (Fsp3) is 0.800. The smallest absolute Gasteiger partial charge is 0.407 e. The lowest BCUT2D eigenvalue weighted by atomic mass is 10.0. The van der Waals surface area contributed by atoms with E-state index in [-0.39, 0.29) is 12.0 Å². The molecular formula is C10H22N4O2. The molecule has 16 heavy (non-hydrogen) atoms. The molecule has 1 amide bonds. The van der Waals surface area contributed by atoms with Gasteiger partial charge in [0.05, 0.1) is 19.2 Å². The average molecular weight is 230 g/mol. The van der Waals surface area contributed by atoms with Crippen LogP contribution in [0.3, 0.4) is 0 Å². The van der Waals surface area contributed by atoms with Gasteiger partial charge in [0, 0.05) is 0 Å². The molecule has 0 bridgehead atoms. The molecule has 0 rings (SSSR count). The van der Waals surface area contributed by atoms with Crippen LogP contribution >= 0.6 is 0 Å². The van der Waals surface area contributed by atoms with E-state index >= 15 is 0 Å². The van der Waals surface area contributed by atoms with Gasteiger partial charge in [0.1, 0.15) is 0 Å². The second-order valence-electron chi connectivity index (χ2n) is 3.96. The van der Waals surface area contributed by atoms with Crippen LogP contribution in [0.1, 0.15) is 27.2 Å². The topological polar surface area (TPSA) is 103 Å². The van der Waals surface area contributed by atoms with Crippen molar-refractivity contribution in [2.45, 2.75) is 33.2 Å². The summed E-state index contributed by atoms with van der Waals surface area (Å²) >= 11 is 0. The fourth-order valence-electron chi connectivity index (χ4n) is 1.30. The molecule has 0 radical (unpaired) electrons. The maximum Gasteiger partial charge on any atom is 0.407 e. The Hall–Kier alpha value is -1.46. The van der Waals surface area contributed by atoms with Crippen LogP contribution in [0.2, 0.25) is 0 Å². The molecule has 1 unspecified atom stereocenters. The molecule has 0 spiro atoms. The summed E-state index contributed by atoms with van der Waals surface area (Å²) in [7, 11) is 0. The first kappa shape index (κ1) is 14.5. The Morgan fingerprint density at radius 2 is 2.06 bits per heavy atom. The van der Waals surface area contributed by atoms with E-state index in [1.165, 1.54) is 0 Å². The normalized spacial score (nSPS) is 12.0. The quantitative estimate of drug-likeness (QED) is 0.454. The van der Waals surface area contributed by atoms with E-state index in [0.717, 1.165) is 6.42 Å². The zero-order chi connectivity index (χ0) is 12.6. The van der Waals surface area contributed by atoms with Crippen LogP contribution in [0.15, 0.2) is 4.99 Å². The molecule has 0 aliphatic rings. The van der Waals surface area contributed by atoms with Crippen molar-refractivity contribution in [3.8, 4) is 0 Å². The number of hydrogen-bond donors (Lipinski definition) is 3. The molecule has 6 heteroatoms. The number of nitrogens with two attached hydrogens (primary N) is 2. The zero-order valence-corrected chi connectivity index (χ0v) is 10.2. The largest absolute Gasteiger partial charge is 0.450 e. The van der Waals surface area contributed by atoms with Gasteiger partial charge in [-0.05, 0) is 19.3 Å². The van der Waals surface area contributed by atoms with E-state index in [1.54, 1.807) is 6.92 Å². The van der Waals surface area contributed by atoms with Crippen LogP contribution in [0, 0.1) is 5.92 Å². The summed E-state index contributed by atoms with van der Waals surface area (Å²) < 4.78 is 4.80. The lowest BCUT2D eigenvalue weighted by molar-refractivity contribution is 0.147. The maximum absolute atomic E-state index is 11.2. The van der Waals surface area contributed by atoms with Gasteiger partial charge in [-0.1, -0.05) is 13.8 Å². The van der Waals surface area contributed by atoms with E-state index in [4.69, 9.17) is 16.2 Å². The lowest BCUT2D eigenvalue weighted by Crippen LogP contribution is -2.39. The van der Waals surface area contributed by atoms with E-state index < -0.39 is 6.09 Å². The standard InChI is InChI=1S/C10H22N4O2/c1-4-16-10(15)14-8(5-7(2)3)6-13-9(11)12/h7-8H,4-6H2,1-3H3,(H,14,15)(H4,11,12,13). The highest BCUT2D eigenvalue weighted by molar-refractivity contribution is 5.75. The van der Waals surface area contributed by atoms with Crippen molar-refractivity contribution in [1.29, 1.82) is 0 Å². The number of hydrogen-bond acceptors (Lipinski definition) is 3. The summed E-state index contributed by atoms with van der Waals surface area (Å²) in [6.07, 6.45) is 0.370. The van der Waals surface area contributed by atoms with Crippen molar-refractivity contribution in [3.05, 3.63) is 0 Å². The maximum atomic E-state index is 11.2. The van der Waals surface area contributed by atoms with Gasteiger partial charge >= 0.3 is 6.09 Å². The highest BCUT2D eigenvalue weighted by Gasteiger charge is 2.14. The predicted molar refractivity (Wildman–Crippen MR) is 64.1 cm³/mol. The molecule has 0 aromatic heterocycles. The minimum atomic E-state index is -0.432. The fourth-order valence-corrected chi connectivity index (χ4v) is 1.30. The second kappa shape index (κ2) is 7.78. The summed E-state index contributed by atoms with van der Waals surface area (Å²) in [4.78, 5) is 15.1. The molecule has 5 N–H and O–H groups in total. The Morgan fingerprint density at radius 3 is 2.50 bits per heavy atom. The summed E-state index contributed by atoms with van der Waals surface area (Å²) in [5, 5.41) is 2.73. The van der Waals surface area contributed by atoms with E-state index in [1.807, 2.05) is 0 Å². The van der Waals surface area contributed by atoms with Gasteiger partial charge in [-0.15, -0.1) is 0 Å². The Kier molecular flexibility index (Phi) is 7.07. The average Bonchev–Trinajstić information content (AvgIpc) is 2.13. The number of ether oxygens (including phenoxy) is 1. The van der Waals surface area contributed by atoms with Crippen molar-refractivity contribution in [2.75, 3.05) is 13.2 Å². The predicted octanol–water partition coefficient (Wildman–Crippen LogP) is 0.421. The van der Waals surface area contributed by atoms with Gasteiger partial charge in [0.25, 0.3) is 0 Å². The number of nitrogens with one attached hydrogen (secondary N) is 1. The van der Waals surface area contributed by atoms with Crippen LogP contribution in [-0.4, -0.2) is 31.2 Å². The molecule has 6 nitrogen and oxygen atoms in total. The van der Waals surface area contributed by atoms with Crippen molar-refractivity contribution in [2.24, 2.45) is 22.4 Å². The van der Waals surface area contributed by atoms with Crippen molar-refractivity contribution >= 4 is 12.1 Å². The number of aliphatic imine (C=N–C) groups is 1. The van der Waals surface area contributed by atoms with Crippen molar-refractivity contribution in [3.63, 3.8) is 0 Å². The Balaban J connectivity index is 4.19. The number of amides is 1.